The Morgan fingerprint density at radius 1 is 0.543 bits per heavy atom. The van der Waals surface area contributed by atoms with Crippen LogP contribution in [0.15, 0.2) is 97.1 Å². The lowest BCUT2D eigenvalue weighted by Crippen LogP contribution is -1.98. The molecule has 0 saturated carbocycles. The summed E-state index contributed by atoms with van der Waals surface area (Å²) in [6.07, 6.45) is 1.92. The first-order valence-corrected chi connectivity index (χ1v) is 12.3. The van der Waals surface area contributed by atoms with E-state index in [1.54, 1.807) is 0 Å². The molecule has 0 saturated heterocycles. The van der Waals surface area contributed by atoms with E-state index in [4.69, 9.17) is 4.98 Å². The minimum absolute atomic E-state index is 0.953. The van der Waals surface area contributed by atoms with Crippen LogP contribution < -0.4 is 0 Å². The SMILES string of the molecule is c1ccc2c(c1)Cc1c-2c2c(c3c1c1ccccc1n1c4ccccc4nc31)Cc1ccccc1-2. The molecule has 162 valence electrons. The molecule has 2 heteroatoms. The first kappa shape index (κ1) is 18.0. The number of pyridine rings is 1. The minimum atomic E-state index is 0.953. The maximum atomic E-state index is 5.27. The molecule has 2 nitrogen and oxygen atoms in total. The van der Waals surface area contributed by atoms with Crippen LogP contribution in [0.2, 0.25) is 0 Å². The Labute approximate surface area is 202 Å². The maximum absolute atomic E-state index is 5.27. The summed E-state index contributed by atoms with van der Waals surface area (Å²) in [5, 5.41) is 4.04. The van der Waals surface area contributed by atoms with Gasteiger partial charge in [-0.25, -0.2) is 4.98 Å². The summed E-state index contributed by atoms with van der Waals surface area (Å²) in [5.74, 6) is 0. The zero-order valence-corrected chi connectivity index (χ0v) is 19.0. The van der Waals surface area contributed by atoms with Gasteiger partial charge in [0, 0.05) is 10.8 Å². The third kappa shape index (κ3) is 2.10. The summed E-state index contributed by atoms with van der Waals surface area (Å²) in [4.78, 5) is 5.27. The third-order valence-corrected chi connectivity index (χ3v) is 8.21. The van der Waals surface area contributed by atoms with Crippen LogP contribution in [0, 0.1) is 0 Å². The molecule has 2 heterocycles. The first-order chi connectivity index (χ1) is 17.4. The van der Waals surface area contributed by atoms with Crippen molar-refractivity contribution in [2.45, 2.75) is 12.8 Å². The van der Waals surface area contributed by atoms with E-state index in [1.165, 1.54) is 71.7 Å². The standard InChI is InChI=1S/C33H20N2/c1-3-11-21-19(9-1)17-24-29(21)30-22-12-4-2-10-20(22)18-25(30)32-31(24)23-13-5-7-15-27(23)35-28-16-8-6-14-26(28)34-33(32)35/h1-16H,17-18H2. The second-order valence-electron chi connectivity index (χ2n) is 9.90. The van der Waals surface area contributed by atoms with E-state index in [-0.39, 0.29) is 0 Å². The van der Waals surface area contributed by atoms with E-state index in [0.29, 0.717) is 0 Å². The summed E-state index contributed by atoms with van der Waals surface area (Å²) in [6.45, 7) is 0. The Morgan fingerprint density at radius 2 is 1.11 bits per heavy atom. The monoisotopic (exact) mass is 444 g/mol. The molecule has 2 aliphatic rings. The van der Waals surface area contributed by atoms with E-state index in [2.05, 4.69) is 101 Å². The van der Waals surface area contributed by atoms with Gasteiger partial charge >= 0.3 is 0 Å². The van der Waals surface area contributed by atoms with Gasteiger partial charge in [0.2, 0.25) is 0 Å². The van der Waals surface area contributed by atoms with Crippen molar-refractivity contribution in [1.82, 2.24) is 9.38 Å². The normalized spacial score (nSPS) is 13.5. The highest BCUT2D eigenvalue weighted by Crippen LogP contribution is 2.54. The summed E-state index contributed by atoms with van der Waals surface area (Å²) < 4.78 is 2.39. The van der Waals surface area contributed by atoms with Gasteiger partial charge < -0.3 is 0 Å². The molecule has 9 rings (SSSR count). The lowest BCUT2D eigenvalue weighted by Gasteiger charge is -2.18. The van der Waals surface area contributed by atoms with Gasteiger partial charge in [0.05, 0.1) is 16.6 Å². The Kier molecular flexibility index (Phi) is 3.16. The van der Waals surface area contributed by atoms with Crippen molar-refractivity contribution >= 4 is 38.4 Å². The fraction of sp³-hybridized carbons (Fsp3) is 0.0606. The number of para-hydroxylation sites is 3. The average molecular weight is 445 g/mol. The van der Waals surface area contributed by atoms with Crippen LogP contribution in [0.3, 0.4) is 0 Å². The highest BCUT2D eigenvalue weighted by Gasteiger charge is 2.33. The molecular weight excluding hydrogens is 424 g/mol. The molecule has 2 aliphatic carbocycles. The molecule has 0 unspecified atom stereocenters. The molecule has 2 aromatic heterocycles. The number of fused-ring (bicyclic) bond motifs is 17. The van der Waals surface area contributed by atoms with Gasteiger partial charge in [0.15, 0.2) is 0 Å². The van der Waals surface area contributed by atoms with Crippen LogP contribution in [0.4, 0.5) is 0 Å². The Balaban J connectivity index is 1.62. The van der Waals surface area contributed by atoms with Gasteiger partial charge in [-0.3, -0.25) is 4.40 Å². The quantitative estimate of drug-likeness (QED) is 0.217. The van der Waals surface area contributed by atoms with Crippen LogP contribution in [0.1, 0.15) is 22.3 Å². The molecule has 0 aliphatic heterocycles. The number of benzene rings is 5. The molecule has 0 atom stereocenters. The molecule has 0 N–H and O–H groups in total. The van der Waals surface area contributed by atoms with E-state index in [1.807, 2.05) is 0 Å². The second-order valence-corrected chi connectivity index (χ2v) is 9.90. The summed E-state index contributed by atoms with van der Waals surface area (Å²) in [7, 11) is 0. The van der Waals surface area contributed by atoms with Crippen molar-refractivity contribution < 1.29 is 0 Å². The predicted octanol–water partition coefficient (Wildman–Crippen LogP) is 7.94. The number of rotatable bonds is 0. The van der Waals surface area contributed by atoms with Crippen molar-refractivity contribution in [3.8, 4) is 22.3 Å². The van der Waals surface area contributed by atoms with E-state index < -0.39 is 0 Å². The smallest absolute Gasteiger partial charge is 0.146 e. The molecule has 0 fully saturated rings. The molecule has 0 spiro atoms. The minimum Gasteiger partial charge on any atom is -0.292 e. The molecule has 0 amide bonds. The van der Waals surface area contributed by atoms with Gasteiger partial charge in [-0.15, -0.1) is 0 Å². The Bertz CT molecular complexity index is 2060. The molecule has 5 aromatic carbocycles. The highest BCUT2D eigenvalue weighted by atomic mass is 15.0. The maximum Gasteiger partial charge on any atom is 0.146 e. The topological polar surface area (TPSA) is 17.3 Å². The molecular formula is C33H20N2. The Hall–Kier alpha value is -4.43. The number of nitrogens with zero attached hydrogens (tertiary/aromatic N) is 2. The first-order valence-electron chi connectivity index (χ1n) is 12.3. The van der Waals surface area contributed by atoms with Crippen LogP contribution in [0.25, 0.3) is 60.6 Å². The van der Waals surface area contributed by atoms with Crippen molar-refractivity contribution in [1.29, 1.82) is 0 Å². The van der Waals surface area contributed by atoms with Gasteiger partial charge in [-0.05, 0) is 80.9 Å². The highest BCUT2D eigenvalue weighted by molar-refractivity contribution is 6.21. The molecule has 35 heavy (non-hydrogen) atoms. The third-order valence-electron chi connectivity index (χ3n) is 8.21. The zero-order chi connectivity index (χ0) is 22.7. The number of hydrogen-bond acceptors (Lipinski definition) is 1. The van der Waals surface area contributed by atoms with Crippen LogP contribution >= 0.6 is 0 Å². The van der Waals surface area contributed by atoms with Crippen LogP contribution in [-0.4, -0.2) is 9.38 Å². The zero-order valence-electron chi connectivity index (χ0n) is 19.0. The summed E-state index contributed by atoms with van der Waals surface area (Å²) >= 11 is 0. The number of aromatic nitrogens is 2. The van der Waals surface area contributed by atoms with Gasteiger partial charge in [-0.2, -0.15) is 0 Å². The Morgan fingerprint density at radius 3 is 1.86 bits per heavy atom. The second kappa shape index (κ2) is 6.17. The van der Waals surface area contributed by atoms with Crippen molar-refractivity contribution in [2.24, 2.45) is 0 Å². The van der Waals surface area contributed by atoms with Crippen LogP contribution in [-0.2, 0) is 12.8 Å². The predicted molar refractivity (Wildman–Crippen MR) is 144 cm³/mol. The van der Waals surface area contributed by atoms with E-state index in [9.17, 15) is 0 Å². The lowest BCUT2D eigenvalue weighted by atomic mass is 9.87. The molecule has 0 bridgehead atoms. The van der Waals surface area contributed by atoms with Gasteiger partial charge in [-0.1, -0.05) is 78.9 Å². The average Bonchev–Trinajstić information content (AvgIpc) is 3.59. The fourth-order valence-corrected chi connectivity index (χ4v) is 6.88. The van der Waals surface area contributed by atoms with E-state index in [0.717, 1.165) is 24.0 Å². The fourth-order valence-electron chi connectivity index (χ4n) is 6.88. The van der Waals surface area contributed by atoms with Crippen molar-refractivity contribution in [3.63, 3.8) is 0 Å². The van der Waals surface area contributed by atoms with Crippen molar-refractivity contribution in [2.75, 3.05) is 0 Å². The van der Waals surface area contributed by atoms with Gasteiger partial charge in [0.1, 0.15) is 5.65 Å². The molecule has 0 radical (unpaired) electrons. The summed E-state index contributed by atoms with van der Waals surface area (Å²) in [5.41, 5.74) is 15.9. The molecule has 7 aromatic rings. The number of hydrogen-bond donors (Lipinski definition) is 0. The number of imidazole rings is 1. The van der Waals surface area contributed by atoms with Gasteiger partial charge in [0.25, 0.3) is 0 Å². The van der Waals surface area contributed by atoms with Crippen molar-refractivity contribution in [3.05, 3.63) is 119 Å². The van der Waals surface area contributed by atoms with Crippen LogP contribution in [0.5, 0.6) is 0 Å². The largest absolute Gasteiger partial charge is 0.292 e. The summed E-state index contributed by atoms with van der Waals surface area (Å²) in [6, 6.07) is 35.4. The lowest BCUT2D eigenvalue weighted by molar-refractivity contribution is 1.25. The van der Waals surface area contributed by atoms with E-state index >= 15 is 0 Å².